The van der Waals surface area contributed by atoms with Crippen molar-refractivity contribution >= 4 is 11.9 Å². The lowest BCUT2D eigenvalue weighted by atomic mass is 10.1. The summed E-state index contributed by atoms with van der Waals surface area (Å²) < 4.78 is 10.6. The van der Waals surface area contributed by atoms with Crippen LogP contribution in [0.3, 0.4) is 0 Å². The maximum atomic E-state index is 11.7. The summed E-state index contributed by atoms with van der Waals surface area (Å²) in [5.41, 5.74) is 9.33. The third-order valence-electron chi connectivity index (χ3n) is 5.17. The van der Waals surface area contributed by atoms with Gasteiger partial charge in [-0.2, -0.15) is 0 Å². The Balaban J connectivity index is 1.44. The van der Waals surface area contributed by atoms with Crippen molar-refractivity contribution < 1.29 is 14.3 Å². The topological polar surface area (TPSA) is 89.2 Å². The van der Waals surface area contributed by atoms with Gasteiger partial charge in [-0.15, -0.1) is 0 Å². The minimum Gasteiger partial charge on any atom is -0.493 e. The fourth-order valence-electron chi connectivity index (χ4n) is 3.45. The molecule has 7 nitrogen and oxygen atoms in total. The highest BCUT2D eigenvalue weighted by Crippen LogP contribution is 2.27. The molecule has 0 bridgehead atoms. The molecule has 7 heteroatoms. The van der Waals surface area contributed by atoms with Crippen molar-refractivity contribution in [3.63, 3.8) is 0 Å². The number of hydrogen-bond acceptors (Lipinski definition) is 4. The van der Waals surface area contributed by atoms with Crippen LogP contribution in [-0.4, -0.2) is 44.1 Å². The van der Waals surface area contributed by atoms with Crippen LogP contribution in [0.2, 0.25) is 0 Å². The molecule has 1 aliphatic rings. The molecule has 0 spiro atoms. The van der Waals surface area contributed by atoms with Gasteiger partial charge in [-0.25, -0.2) is 4.99 Å². The Bertz CT molecular complexity index is 881. The third kappa shape index (κ3) is 5.89. The molecular weight excluding hydrogens is 380 g/mol. The van der Waals surface area contributed by atoms with Gasteiger partial charge < -0.3 is 25.4 Å². The largest absolute Gasteiger partial charge is 0.493 e. The molecular formula is C23H30N4O3. The van der Waals surface area contributed by atoms with E-state index in [4.69, 9.17) is 15.2 Å². The van der Waals surface area contributed by atoms with Crippen molar-refractivity contribution in [3.05, 3.63) is 59.2 Å². The van der Waals surface area contributed by atoms with E-state index >= 15 is 0 Å². The van der Waals surface area contributed by atoms with Crippen molar-refractivity contribution in [3.8, 4) is 11.5 Å². The zero-order valence-electron chi connectivity index (χ0n) is 17.7. The Labute approximate surface area is 177 Å². The van der Waals surface area contributed by atoms with Crippen LogP contribution in [0.5, 0.6) is 11.5 Å². The molecule has 30 heavy (non-hydrogen) atoms. The van der Waals surface area contributed by atoms with Crippen molar-refractivity contribution in [2.45, 2.75) is 32.4 Å². The van der Waals surface area contributed by atoms with E-state index in [-0.39, 0.29) is 5.91 Å². The third-order valence-corrected chi connectivity index (χ3v) is 5.17. The van der Waals surface area contributed by atoms with Crippen LogP contribution in [0.4, 0.5) is 0 Å². The molecule has 2 aromatic carbocycles. The SMILES string of the molecule is COc1ccc(CCNC(N)=NCc2ccc(CN3CCCC3=O)cc2)cc1OC. The molecule has 1 amide bonds. The number of carbonyl (C=O) groups is 1. The van der Waals surface area contributed by atoms with Gasteiger partial charge in [-0.05, 0) is 41.7 Å². The first-order valence-corrected chi connectivity index (χ1v) is 10.2. The van der Waals surface area contributed by atoms with Gasteiger partial charge in [0.25, 0.3) is 0 Å². The highest BCUT2D eigenvalue weighted by Gasteiger charge is 2.19. The van der Waals surface area contributed by atoms with Gasteiger partial charge in [0.15, 0.2) is 17.5 Å². The van der Waals surface area contributed by atoms with E-state index in [9.17, 15) is 4.79 Å². The summed E-state index contributed by atoms with van der Waals surface area (Å²) in [6.07, 6.45) is 2.43. The molecule has 1 heterocycles. The zero-order valence-corrected chi connectivity index (χ0v) is 17.7. The van der Waals surface area contributed by atoms with E-state index in [0.717, 1.165) is 36.1 Å². The number of amides is 1. The van der Waals surface area contributed by atoms with E-state index in [1.807, 2.05) is 35.2 Å². The van der Waals surface area contributed by atoms with Crippen LogP contribution >= 0.6 is 0 Å². The number of benzene rings is 2. The number of nitrogens with zero attached hydrogens (tertiary/aromatic N) is 2. The molecule has 0 saturated carbocycles. The molecule has 3 rings (SSSR count). The average Bonchev–Trinajstić information content (AvgIpc) is 3.17. The maximum absolute atomic E-state index is 11.7. The smallest absolute Gasteiger partial charge is 0.222 e. The van der Waals surface area contributed by atoms with Gasteiger partial charge in [0.05, 0.1) is 20.8 Å². The summed E-state index contributed by atoms with van der Waals surface area (Å²) in [5, 5.41) is 3.14. The van der Waals surface area contributed by atoms with Crippen LogP contribution in [0.25, 0.3) is 0 Å². The zero-order chi connectivity index (χ0) is 21.3. The van der Waals surface area contributed by atoms with Crippen LogP contribution < -0.4 is 20.5 Å². The van der Waals surface area contributed by atoms with Crippen molar-refractivity contribution in [2.24, 2.45) is 10.7 Å². The molecule has 2 aromatic rings. The van der Waals surface area contributed by atoms with E-state index < -0.39 is 0 Å². The number of nitrogens with two attached hydrogens (primary N) is 1. The fourth-order valence-corrected chi connectivity index (χ4v) is 3.45. The maximum Gasteiger partial charge on any atom is 0.222 e. The van der Waals surface area contributed by atoms with Gasteiger partial charge in [0.1, 0.15) is 0 Å². The molecule has 3 N–H and O–H groups in total. The molecule has 0 radical (unpaired) electrons. The number of hydrogen-bond donors (Lipinski definition) is 2. The first-order chi connectivity index (χ1) is 14.6. The Morgan fingerprint density at radius 3 is 2.43 bits per heavy atom. The van der Waals surface area contributed by atoms with Gasteiger partial charge in [0, 0.05) is 26.1 Å². The number of ether oxygens (including phenoxy) is 2. The van der Waals surface area contributed by atoms with E-state index in [0.29, 0.717) is 43.5 Å². The summed E-state index contributed by atoms with van der Waals surface area (Å²) in [6, 6.07) is 14.1. The normalized spacial score (nSPS) is 14.1. The predicted octanol–water partition coefficient (Wildman–Crippen LogP) is 2.47. The second-order valence-corrected chi connectivity index (χ2v) is 7.30. The Morgan fingerprint density at radius 2 is 1.77 bits per heavy atom. The Kier molecular flexibility index (Phi) is 7.54. The molecule has 0 aliphatic carbocycles. The fraction of sp³-hybridized carbons (Fsp3) is 0.391. The standard InChI is InChI=1S/C23H30N4O3/c1-29-20-10-9-17(14-21(20)30-2)11-12-25-23(24)26-15-18-5-7-19(8-6-18)16-27-13-3-4-22(27)28/h5-10,14H,3-4,11-13,15-16H2,1-2H3,(H3,24,25,26). The minimum absolute atomic E-state index is 0.246. The first-order valence-electron chi connectivity index (χ1n) is 10.2. The van der Waals surface area contributed by atoms with Gasteiger partial charge in [-0.3, -0.25) is 4.79 Å². The van der Waals surface area contributed by atoms with Crippen LogP contribution in [0, 0.1) is 0 Å². The van der Waals surface area contributed by atoms with Crippen LogP contribution in [-0.2, 0) is 24.3 Å². The second-order valence-electron chi connectivity index (χ2n) is 7.30. The number of aliphatic imine (C=N–C) groups is 1. The molecule has 1 saturated heterocycles. The lowest BCUT2D eigenvalue weighted by Crippen LogP contribution is -2.33. The number of guanidine groups is 1. The molecule has 1 aliphatic heterocycles. The summed E-state index contributed by atoms with van der Waals surface area (Å²) in [7, 11) is 3.25. The van der Waals surface area contributed by atoms with Crippen molar-refractivity contribution in [1.82, 2.24) is 10.2 Å². The summed E-state index contributed by atoms with van der Waals surface area (Å²) in [4.78, 5) is 18.1. The second kappa shape index (κ2) is 10.5. The highest BCUT2D eigenvalue weighted by molar-refractivity contribution is 5.78. The lowest BCUT2D eigenvalue weighted by molar-refractivity contribution is -0.128. The first kappa shape index (κ1) is 21.5. The molecule has 0 atom stereocenters. The summed E-state index contributed by atoms with van der Waals surface area (Å²) >= 11 is 0. The Morgan fingerprint density at radius 1 is 1.07 bits per heavy atom. The van der Waals surface area contributed by atoms with Crippen LogP contribution in [0.1, 0.15) is 29.5 Å². The molecule has 0 aromatic heterocycles. The van der Waals surface area contributed by atoms with Gasteiger partial charge in [-0.1, -0.05) is 30.3 Å². The van der Waals surface area contributed by atoms with E-state index in [2.05, 4.69) is 22.4 Å². The number of nitrogens with one attached hydrogen (secondary N) is 1. The lowest BCUT2D eigenvalue weighted by Gasteiger charge is -2.15. The molecule has 1 fully saturated rings. The van der Waals surface area contributed by atoms with Gasteiger partial charge >= 0.3 is 0 Å². The van der Waals surface area contributed by atoms with E-state index in [1.165, 1.54) is 0 Å². The number of rotatable bonds is 9. The number of carbonyl (C=O) groups excluding carboxylic acids is 1. The number of likely N-dealkylation sites (tertiary alicyclic amines) is 1. The highest BCUT2D eigenvalue weighted by atomic mass is 16.5. The molecule has 0 unspecified atom stereocenters. The van der Waals surface area contributed by atoms with Crippen LogP contribution in [0.15, 0.2) is 47.5 Å². The predicted molar refractivity (Wildman–Crippen MR) is 118 cm³/mol. The van der Waals surface area contributed by atoms with Crippen molar-refractivity contribution in [2.75, 3.05) is 27.3 Å². The monoisotopic (exact) mass is 410 g/mol. The Hall–Kier alpha value is -3.22. The molecule has 160 valence electrons. The van der Waals surface area contributed by atoms with Crippen molar-refractivity contribution in [1.29, 1.82) is 0 Å². The minimum atomic E-state index is 0.246. The summed E-state index contributed by atoms with van der Waals surface area (Å²) in [5.74, 6) is 2.10. The van der Waals surface area contributed by atoms with E-state index in [1.54, 1.807) is 14.2 Å². The average molecular weight is 411 g/mol. The summed E-state index contributed by atoms with van der Waals surface area (Å²) in [6.45, 7) is 2.73. The quantitative estimate of drug-likeness (QED) is 0.490. The number of methoxy groups -OCH3 is 2. The van der Waals surface area contributed by atoms with Gasteiger partial charge in [0.2, 0.25) is 5.91 Å².